The SMILES string of the molecule is CN(C(=O)c1cc2sccc2s1)C1CCCC1CN. The Morgan fingerprint density at radius 3 is 3.05 bits per heavy atom. The smallest absolute Gasteiger partial charge is 0.263 e. The summed E-state index contributed by atoms with van der Waals surface area (Å²) in [7, 11) is 1.93. The first-order chi connectivity index (χ1) is 9.20. The number of carbonyl (C=O) groups is 1. The normalized spacial score (nSPS) is 23.1. The van der Waals surface area contributed by atoms with E-state index < -0.39 is 0 Å². The van der Waals surface area contributed by atoms with Gasteiger partial charge in [-0.3, -0.25) is 4.79 Å². The number of hydrogen-bond donors (Lipinski definition) is 1. The molecule has 3 rings (SSSR count). The lowest BCUT2D eigenvalue weighted by Gasteiger charge is -2.28. The van der Waals surface area contributed by atoms with Gasteiger partial charge >= 0.3 is 0 Å². The maximum absolute atomic E-state index is 12.6. The van der Waals surface area contributed by atoms with Gasteiger partial charge in [0.15, 0.2) is 0 Å². The fourth-order valence-corrected chi connectivity index (χ4v) is 5.09. The van der Waals surface area contributed by atoms with Gasteiger partial charge in [0.05, 0.1) is 4.88 Å². The van der Waals surface area contributed by atoms with Crippen molar-refractivity contribution >= 4 is 38.0 Å². The summed E-state index contributed by atoms with van der Waals surface area (Å²) in [4.78, 5) is 15.3. The second-order valence-electron chi connectivity index (χ2n) is 5.17. The van der Waals surface area contributed by atoms with Gasteiger partial charge in [0.1, 0.15) is 0 Å². The summed E-state index contributed by atoms with van der Waals surface area (Å²) in [5, 5.41) is 2.07. The zero-order valence-corrected chi connectivity index (χ0v) is 12.6. The number of hydrogen-bond acceptors (Lipinski definition) is 4. The minimum Gasteiger partial charge on any atom is -0.338 e. The van der Waals surface area contributed by atoms with Crippen LogP contribution >= 0.6 is 22.7 Å². The third-order valence-electron chi connectivity index (χ3n) is 4.09. The van der Waals surface area contributed by atoms with Crippen molar-refractivity contribution < 1.29 is 4.79 Å². The van der Waals surface area contributed by atoms with Gasteiger partial charge in [0.2, 0.25) is 0 Å². The van der Waals surface area contributed by atoms with Crippen LogP contribution in [0.1, 0.15) is 28.9 Å². The maximum atomic E-state index is 12.6. The molecule has 1 fully saturated rings. The molecule has 2 unspecified atom stereocenters. The predicted molar refractivity (Wildman–Crippen MR) is 82.0 cm³/mol. The van der Waals surface area contributed by atoms with Gasteiger partial charge in [-0.05, 0) is 42.8 Å². The number of rotatable bonds is 3. The van der Waals surface area contributed by atoms with Crippen LogP contribution in [0.15, 0.2) is 17.5 Å². The molecule has 0 radical (unpaired) electrons. The van der Waals surface area contributed by atoms with Crippen molar-refractivity contribution in [1.82, 2.24) is 4.90 Å². The number of thiophene rings is 2. The second-order valence-corrected chi connectivity index (χ2v) is 7.20. The average molecular weight is 294 g/mol. The van der Waals surface area contributed by atoms with Crippen molar-refractivity contribution in [2.45, 2.75) is 25.3 Å². The van der Waals surface area contributed by atoms with Crippen molar-refractivity contribution in [2.24, 2.45) is 11.7 Å². The molecule has 1 saturated carbocycles. The summed E-state index contributed by atoms with van der Waals surface area (Å²) >= 11 is 3.29. The molecular formula is C14H18N2OS2. The minimum absolute atomic E-state index is 0.152. The van der Waals surface area contributed by atoms with Crippen LogP contribution in [-0.2, 0) is 0 Å². The van der Waals surface area contributed by atoms with Crippen molar-refractivity contribution in [3.05, 3.63) is 22.4 Å². The summed E-state index contributed by atoms with van der Waals surface area (Å²) < 4.78 is 2.42. The van der Waals surface area contributed by atoms with Crippen LogP contribution in [0.2, 0.25) is 0 Å². The molecule has 0 aromatic carbocycles. The fourth-order valence-electron chi connectivity index (χ4n) is 3.00. The molecule has 3 nitrogen and oxygen atoms in total. The lowest BCUT2D eigenvalue weighted by Crippen LogP contribution is -2.41. The Balaban J connectivity index is 1.81. The lowest BCUT2D eigenvalue weighted by molar-refractivity contribution is 0.0705. The number of nitrogens with two attached hydrogens (primary N) is 1. The summed E-state index contributed by atoms with van der Waals surface area (Å²) in [6, 6.07) is 4.42. The Labute approximate surface area is 121 Å². The Morgan fingerprint density at radius 2 is 2.32 bits per heavy atom. The molecule has 5 heteroatoms. The maximum Gasteiger partial charge on any atom is 0.263 e. The first-order valence-corrected chi connectivity index (χ1v) is 8.34. The molecule has 0 saturated heterocycles. The second kappa shape index (κ2) is 5.23. The minimum atomic E-state index is 0.152. The van der Waals surface area contributed by atoms with Gasteiger partial charge in [-0.2, -0.15) is 0 Å². The van der Waals surface area contributed by atoms with Gasteiger partial charge in [0.25, 0.3) is 5.91 Å². The summed E-state index contributed by atoms with van der Waals surface area (Å²) in [6.07, 6.45) is 3.42. The van der Waals surface area contributed by atoms with Gasteiger partial charge in [-0.15, -0.1) is 22.7 Å². The van der Waals surface area contributed by atoms with Crippen molar-refractivity contribution in [3.8, 4) is 0 Å². The molecule has 2 aromatic heterocycles. The summed E-state index contributed by atoms with van der Waals surface area (Å²) in [6.45, 7) is 0.682. The molecule has 2 N–H and O–H groups in total. The van der Waals surface area contributed by atoms with Crippen LogP contribution in [-0.4, -0.2) is 30.4 Å². The van der Waals surface area contributed by atoms with Crippen LogP contribution in [0, 0.1) is 5.92 Å². The van der Waals surface area contributed by atoms with E-state index >= 15 is 0 Å². The molecule has 0 spiro atoms. The van der Waals surface area contributed by atoms with Crippen LogP contribution < -0.4 is 5.73 Å². The molecule has 2 atom stereocenters. The summed E-state index contributed by atoms with van der Waals surface area (Å²) in [5.74, 6) is 0.619. The number of nitrogens with zero attached hydrogens (tertiary/aromatic N) is 1. The van der Waals surface area contributed by atoms with E-state index in [-0.39, 0.29) is 5.91 Å². The Bertz CT molecular complexity index is 561. The molecule has 1 amide bonds. The Morgan fingerprint density at radius 1 is 1.47 bits per heavy atom. The molecule has 0 bridgehead atoms. The molecule has 0 aliphatic heterocycles. The highest BCUT2D eigenvalue weighted by Gasteiger charge is 2.32. The van der Waals surface area contributed by atoms with Crippen LogP contribution in [0.3, 0.4) is 0 Å². The molecule has 2 heterocycles. The van der Waals surface area contributed by atoms with Crippen LogP contribution in [0.5, 0.6) is 0 Å². The highest BCUT2D eigenvalue weighted by atomic mass is 32.1. The topological polar surface area (TPSA) is 46.3 Å². The van der Waals surface area contributed by atoms with E-state index in [0.29, 0.717) is 18.5 Å². The largest absolute Gasteiger partial charge is 0.338 e. The number of amides is 1. The van der Waals surface area contributed by atoms with Crippen LogP contribution in [0.25, 0.3) is 9.40 Å². The van der Waals surface area contributed by atoms with Crippen LogP contribution in [0.4, 0.5) is 0 Å². The standard InChI is InChI=1S/C14H18N2OS2/c1-16(10-4-2-3-9(10)8-15)14(17)13-7-12-11(19-13)5-6-18-12/h5-7,9-10H,2-4,8,15H2,1H3. The summed E-state index contributed by atoms with van der Waals surface area (Å²) in [5.41, 5.74) is 5.81. The molecule has 1 aliphatic carbocycles. The fraction of sp³-hybridized carbons (Fsp3) is 0.500. The predicted octanol–water partition coefficient (Wildman–Crippen LogP) is 3.16. The zero-order chi connectivity index (χ0) is 13.4. The number of carbonyl (C=O) groups excluding carboxylic acids is 1. The van der Waals surface area contributed by atoms with E-state index in [1.165, 1.54) is 15.8 Å². The molecule has 102 valence electrons. The first-order valence-electron chi connectivity index (χ1n) is 6.65. The van der Waals surface area contributed by atoms with E-state index in [0.717, 1.165) is 17.7 Å². The van der Waals surface area contributed by atoms with E-state index in [1.807, 2.05) is 18.0 Å². The average Bonchev–Trinajstić information content (AvgIpc) is 3.10. The quantitative estimate of drug-likeness (QED) is 0.945. The Hall–Kier alpha value is -0.910. The lowest BCUT2D eigenvalue weighted by atomic mass is 10.0. The Kier molecular flexibility index (Phi) is 3.60. The van der Waals surface area contributed by atoms with E-state index in [4.69, 9.17) is 5.73 Å². The van der Waals surface area contributed by atoms with Gasteiger partial charge in [-0.1, -0.05) is 6.42 Å². The molecule has 2 aromatic rings. The molecular weight excluding hydrogens is 276 g/mol. The van der Waals surface area contributed by atoms with Crippen molar-refractivity contribution in [2.75, 3.05) is 13.6 Å². The first kappa shape index (κ1) is 13.1. The zero-order valence-electron chi connectivity index (χ0n) is 11.0. The third-order valence-corrected chi connectivity index (χ3v) is 6.17. The van der Waals surface area contributed by atoms with Crippen molar-refractivity contribution in [1.29, 1.82) is 0 Å². The highest BCUT2D eigenvalue weighted by Crippen LogP contribution is 2.33. The highest BCUT2D eigenvalue weighted by molar-refractivity contribution is 7.27. The van der Waals surface area contributed by atoms with Crippen molar-refractivity contribution in [3.63, 3.8) is 0 Å². The third kappa shape index (κ3) is 2.30. The van der Waals surface area contributed by atoms with E-state index in [9.17, 15) is 4.79 Å². The van der Waals surface area contributed by atoms with E-state index in [1.54, 1.807) is 22.7 Å². The number of fused-ring (bicyclic) bond motifs is 1. The molecule has 19 heavy (non-hydrogen) atoms. The monoisotopic (exact) mass is 294 g/mol. The van der Waals surface area contributed by atoms with Gasteiger partial charge in [0, 0.05) is 22.5 Å². The van der Waals surface area contributed by atoms with Gasteiger partial charge in [-0.25, -0.2) is 0 Å². The van der Waals surface area contributed by atoms with E-state index in [2.05, 4.69) is 11.4 Å². The molecule has 1 aliphatic rings. The van der Waals surface area contributed by atoms with Gasteiger partial charge < -0.3 is 10.6 Å².